The Morgan fingerprint density at radius 3 is 2.70 bits per heavy atom. The Balaban J connectivity index is 1.55. The van der Waals surface area contributed by atoms with Crippen LogP contribution in [0.15, 0.2) is 4.63 Å². The van der Waals surface area contributed by atoms with Crippen molar-refractivity contribution >= 4 is 11.8 Å². The lowest BCUT2D eigenvalue weighted by Crippen LogP contribution is -2.44. The molecule has 0 bridgehead atoms. The maximum absolute atomic E-state index is 11.6. The normalized spacial score (nSPS) is 25.0. The van der Waals surface area contributed by atoms with Gasteiger partial charge in [0.2, 0.25) is 18.0 Å². The van der Waals surface area contributed by atoms with Crippen LogP contribution in [0.2, 0.25) is 0 Å². The molecule has 2 saturated heterocycles. The maximum atomic E-state index is 11.6. The fraction of sp³-hybridized carbons (Fsp3) is 0.818. The van der Waals surface area contributed by atoms with Crippen molar-refractivity contribution in [1.82, 2.24) is 14.9 Å². The highest BCUT2D eigenvalue weighted by atomic mass is 17.0. The molecule has 0 spiro atoms. The van der Waals surface area contributed by atoms with Crippen LogP contribution < -0.4 is 9.85 Å². The first-order valence-electron chi connectivity index (χ1n) is 6.75. The van der Waals surface area contributed by atoms with Crippen LogP contribution in [0.5, 0.6) is 0 Å². The van der Waals surface area contributed by atoms with E-state index in [9.17, 15) is 9.59 Å². The van der Waals surface area contributed by atoms with Crippen molar-refractivity contribution in [1.29, 1.82) is 0 Å². The lowest BCUT2D eigenvalue weighted by Gasteiger charge is -2.19. The Morgan fingerprint density at radius 2 is 2.10 bits per heavy atom. The highest BCUT2D eigenvalue weighted by Gasteiger charge is 2.37. The van der Waals surface area contributed by atoms with Gasteiger partial charge in [-0.15, -0.1) is 0 Å². The van der Waals surface area contributed by atoms with Crippen molar-refractivity contribution in [2.75, 3.05) is 24.7 Å². The summed E-state index contributed by atoms with van der Waals surface area (Å²) in [7, 11) is 0. The van der Waals surface area contributed by atoms with Crippen LogP contribution in [-0.4, -0.2) is 57.7 Å². The maximum Gasteiger partial charge on any atom is 0.232 e. The summed E-state index contributed by atoms with van der Waals surface area (Å²) in [6, 6.07) is 0. The molecule has 1 aromatic rings. The van der Waals surface area contributed by atoms with Gasteiger partial charge in [-0.25, -0.2) is 4.90 Å². The number of imide groups is 1. The van der Waals surface area contributed by atoms with Gasteiger partial charge in [-0.1, -0.05) is 0 Å². The second-order valence-electron chi connectivity index (χ2n) is 5.18. The number of nitrogens with zero attached hydrogens (tertiary/aromatic N) is 4. The minimum absolute atomic E-state index is 0.151. The van der Waals surface area contributed by atoms with E-state index in [2.05, 4.69) is 0 Å². The quantitative estimate of drug-likeness (QED) is 0.680. The zero-order valence-electron chi connectivity index (χ0n) is 11.3. The fourth-order valence-corrected chi connectivity index (χ4v) is 2.55. The summed E-state index contributed by atoms with van der Waals surface area (Å²) in [5.74, 6) is -0.213. The topological polar surface area (TPSA) is 93.1 Å². The van der Waals surface area contributed by atoms with Gasteiger partial charge >= 0.3 is 0 Å². The van der Waals surface area contributed by atoms with Crippen LogP contribution >= 0.6 is 0 Å². The molecule has 1 aromatic heterocycles. The molecule has 0 aliphatic carbocycles. The summed E-state index contributed by atoms with van der Waals surface area (Å²) >= 11 is 0. The van der Waals surface area contributed by atoms with E-state index in [0.29, 0.717) is 6.54 Å². The highest BCUT2D eigenvalue weighted by molar-refractivity contribution is 6.02. The highest BCUT2D eigenvalue weighted by Crippen LogP contribution is 2.18. The van der Waals surface area contributed by atoms with Crippen molar-refractivity contribution in [3.63, 3.8) is 0 Å². The summed E-state index contributed by atoms with van der Waals surface area (Å²) < 4.78 is 5.13. The molecule has 112 valence electrons. The SMILES string of the molecule is CC(On1on1N1CCC(CO)C1)N1C(=O)CCC1=O. The third-order valence-corrected chi connectivity index (χ3v) is 3.72. The fourth-order valence-electron chi connectivity index (χ4n) is 2.55. The largest absolute Gasteiger partial charge is 0.396 e. The van der Waals surface area contributed by atoms with Crippen molar-refractivity contribution in [2.45, 2.75) is 32.4 Å². The number of aliphatic hydroxyl groups excluding tert-OH is 1. The van der Waals surface area contributed by atoms with E-state index in [0.717, 1.165) is 22.9 Å². The molecule has 1 N–H and O–H groups in total. The number of likely N-dealkylation sites (tertiary alicyclic amines) is 1. The van der Waals surface area contributed by atoms with Crippen molar-refractivity contribution in [2.24, 2.45) is 5.92 Å². The van der Waals surface area contributed by atoms with Crippen LogP contribution in [0.3, 0.4) is 0 Å². The second-order valence-corrected chi connectivity index (χ2v) is 5.18. The first kappa shape index (κ1) is 13.1. The number of hydrogen-bond donors (Lipinski definition) is 1. The first-order chi connectivity index (χ1) is 9.60. The zero-order valence-corrected chi connectivity index (χ0v) is 11.3. The number of amides is 2. The van der Waals surface area contributed by atoms with E-state index < -0.39 is 6.23 Å². The molecule has 9 heteroatoms. The van der Waals surface area contributed by atoms with Crippen molar-refractivity contribution < 1.29 is 24.2 Å². The van der Waals surface area contributed by atoms with Crippen LogP contribution in [-0.2, 0) is 9.59 Å². The lowest BCUT2D eigenvalue weighted by atomic mass is 10.1. The summed E-state index contributed by atoms with van der Waals surface area (Å²) in [6.07, 6.45) is 0.671. The van der Waals surface area contributed by atoms with Crippen LogP contribution in [0.1, 0.15) is 26.2 Å². The first-order valence-corrected chi connectivity index (χ1v) is 6.75. The molecule has 9 nitrogen and oxygen atoms in total. The van der Waals surface area contributed by atoms with Gasteiger partial charge in [0.25, 0.3) is 0 Å². The third kappa shape index (κ3) is 2.28. The van der Waals surface area contributed by atoms with Crippen molar-refractivity contribution in [3.8, 4) is 0 Å². The molecule has 0 saturated carbocycles. The zero-order chi connectivity index (χ0) is 14.3. The predicted octanol–water partition coefficient (Wildman–Crippen LogP) is -1.24. The molecular weight excluding hydrogens is 268 g/mol. The molecule has 2 unspecified atom stereocenters. The average molecular weight is 286 g/mol. The van der Waals surface area contributed by atoms with Gasteiger partial charge < -0.3 is 9.94 Å². The van der Waals surface area contributed by atoms with E-state index in [1.54, 1.807) is 6.92 Å². The van der Waals surface area contributed by atoms with E-state index in [1.165, 1.54) is 4.96 Å². The summed E-state index contributed by atoms with van der Waals surface area (Å²) in [5.41, 5.74) is 0. The predicted molar refractivity (Wildman–Crippen MR) is 65.0 cm³/mol. The Hall–Kier alpha value is -1.90. The number of carbonyl (C=O) groups excluding carboxylic acids is 2. The van der Waals surface area contributed by atoms with Gasteiger partial charge in [-0.3, -0.25) is 14.6 Å². The number of hydrogen-bond acceptors (Lipinski definition) is 6. The second kappa shape index (κ2) is 4.89. The van der Waals surface area contributed by atoms with Crippen LogP contribution in [0.25, 0.3) is 0 Å². The molecular formula is C11H18N4O5. The van der Waals surface area contributed by atoms with Gasteiger partial charge in [-0.05, 0) is 13.3 Å². The van der Waals surface area contributed by atoms with E-state index in [1.807, 2.05) is 5.01 Å². The van der Waals surface area contributed by atoms with Gasteiger partial charge in [-0.2, -0.15) is 4.63 Å². The van der Waals surface area contributed by atoms with E-state index in [4.69, 9.17) is 14.6 Å². The van der Waals surface area contributed by atoms with E-state index in [-0.39, 0.29) is 37.2 Å². The summed E-state index contributed by atoms with van der Waals surface area (Å²) in [5, 5.41) is 12.1. The molecule has 20 heavy (non-hydrogen) atoms. The lowest BCUT2D eigenvalue weighted by molar-refractivity contribution is -0.155. The minimum atomic E-state index is -0.696. The molecule has 2 aliphatic heterocycles. The molecule has 3 rings (SSSR count). The van der Waals surface area contributed by atoms with Gasteiger partial charge in [0.1, 0.15) is 5.02 Å². The smallest absolute Gasteiger partial charge is 0.232 e. The number of aliphatic hydroxyl groups is 1. The van der Waals surface area contributed by atoms with Gasteiger partial charge in [0.05, 0.1) is 0 Å². The third-order valence-electron chi connectivity index (χ3n) is 3.72. The number of rotatable bonds is 5. The number of aromatic nitrogens is 2. The number of carbonyl (C=O) groups is 2. The van der Waals surface area contributed by atoms with Gasteiger partial charge in [0, 0.05) is 43.4 Å². The molecule has 2 aliphatic rings. The van der Waals surface area contributed by atoms with E-state index >= 15 is 0 Å². The molecule has 0 radical (unpaired) electrons. The van der Waals surface area contributed by atoms with Gasteiger partial charge in [0.15, 0.2) is 0 Å². The molecule has 2 amide bonds. The summed E-state index contributed by atoms with van der Waals surface area (Å²) in [4.78, 5) is 31.1. The standard InChI is InChI=1S/C11H18N4O5/c1-8(13-10(17)2-3-11(13)18)19-15-14(20-15)12-5-4-9(6-12)7-16/h8-9,16H,2-7H2,1H3. The molecule has 2 atom stereocenters. The Bertz CT molecular complexity index is 487. The molecule has 2 fully saturated rings. The summed E-state index contributed by atoms with van der Waals surface area (Å²) in [6.45, 7) is 3.23. The van der Waals surface area contributed by atoms with Crippen molar-refractivity contribution in [3.05, 3.63) is 0 Å². The average Bonchev–Trinajstić information content (AvgIpc) is 2.86. The monoisotopic (exact) mass is 286 g/mol. The molecule has 0 aromatic carbocycles. The Labute approximate surface area is 115 Å². The van der Waals surface area contributed by atoms with Crippen LogP contribution in [0, 0.1) is 5.92 Å². The Kier molecular flexibility index (Phi) is 3.20. The minimum Gasteiger partial charge on any atom is -0.396 e. The van der Waals surface area contributed by atoms with Crippen LogP contribution in [0.4, 0.5) is 0 Å². The molecule has 3 heterocycles. The Morgan fingerprint density at radius 1 is 1.40 bits per heavy atom.